The van der Waals surface area contributed by atoms with E-state index in [1.54, 1.807) is 111 Å². The largest absolute Gasteiger partial charge is 0.478 e. The van der Waals surface area contributed by atoms with Gasteiger partial charge in [0, 0.05) is 55.6 Å². The van der Waals surface area contributed by atoms with Crippen molar-refractivity contribution >= 4 is 58.6 Å². The molecule has 2 aromatic heterocycles. The number of hydrogen-bond acceptors (Lipinski definition) is 10. The number of carboxylic acids is 2. The topological polar surface area (TPSA) is 169 Å². The minimum Gasteiger partial charge on any atom is -0.478 e. The molecule has 4 aromatic carbocycles. The lowest BCUT2D eigenvalue weighted by molar-refractivity contribution is 0.0682. The smallest absolute Gasteiger partial charge is 0.336 e. The monoisotopic (exact) mass is 804 g/mol. The van der Waals surface area contributed by atoms with Crippen molar-refractivity contribution in [3.8, 4) is 11.4 Å². The molecule has 0 aliphatic heterocycles. The zero-order valence-corrected chi connectivity index (χ0v) is 32.5. The van der Waals surface area contributed by atoms with Gasteiger partial charge in [0.2, 0.25) is 11.6 Å². The molecule has 2 aliphatic rings. The van der Waals surface area contributed by atoms with Gasteiger partial charge in [0.05, 0.1) is 32.3 Å². The van der Waals surface area contributed by atoms with Crippen LogP contribution in [0.5, 0.6) is 0 Å². The number of rotatable bonds is 7. The third-order valence-corrected chi connectivity index (χ3v) is 11.4. The molecule has 2 aliphatic carbocycles. The summed E-state index contributed by atoms with van der Waals surface area (Å²) in [6.07, 6.45) is 3.54. The van der Waals surface area contributed by atoms with Crippen LogP contribution in [0, 0.1) is 0 Å². The maximum Gasteiger partial charge on any atom is 0.336 e. The molecule has 0 spiro atoms. The Hall–Kier alpha value is -7.02. The Balaban J connectivity index is 0.000000154. The van der Waals surface area contributed by atoms with Crippen molar-refractivity contribution in [3.05, 3.63) is 200 Å². The van der Waals surface area contributed by atoms with Crippen LogP contribution in [0.3, 0.4) is 0 Å². The second kappa shape index (κ2) is 18.3. The van der Waals surface area contributed by atoms with E-state index >= 15 is 0 Å². The number of carbonyl (C=O) groups is 6. The van der Waals surface area contributed by atoms with Crippen LogP contribution in [0.15, 0.2) is 177 Å². The Labute approximate surface area is 341 Å². The van der Waals surface area contributed by atoms with E-state index in [9.17, 15) is 39.0 Å². The third kappa shape index (κ3) is 8.83. The molecule has 0 fully saturated rings. The summed E-state index contributed by atoms with van der Waals surface area (Å²) in [5.74, 6) is -3.03. The Morgan fingerprint density at radius 2 is 0.741 bits per heavy atom. The summed E-state index contributed by atoms with van der Waals surface area (Å²) in [6.45, 7) is 3.20. The van der Waals surface area contributed by atoms with Crippen molar-refractivity contribution in [1.82, 2.24) is 9.97 Å². The first-order chi connectivity index (χ1) is 28.0. The van der Waals surface area contributed by atoms with E-state index in [4.69, 9.17) is 0 Å². The minimum absolute atomic E-state index is 0.108. The molecule has 58 heavy (non-hydrogen) atoms. The average Bonchev–Trinajstić information content (AvgIpc) is 3.26. The third-order valence-electron chi connectivity index (χ3n) is 8.86. The van der Waals surface area contributed by atoms with Crippen LogP contribution in [0.2, 0.25) is 0 Å². The number of benzene rings is 4. The second-order valence-electron chi connectivity index (χ2n) is 12.6. The van der Waals surface area contributed by atoms with Crippen LogP contribution in [-0.4, -0.2) is 55.3 Å². The van der Waals surface area contributed by atoms with Crippen LogP contribution in [0.4, 0.5) is 0 Å². The Morgan fingerprint density at radius 3 is 1.07 bits per heavy atom. The standard InChI is InChI=1S/2C18H12O4S.C10H8N2/c2*1-10-15(19)11-6-2-3-7-12(11)16(20)17(10)23-14-9-5-4-8-13(14)18(21)22;1-3-7-11-9(5-1)10-6-2-4-8-12-10/h2*2-9H,1H3,(H,21,22);1-8H. The molecule has 0 radical (unpaired) electrons. The number of ketones is 4. The fourth-order valence-corrected chi connectivity index (χ4v) is 8.07. The van der Waals surface area contributed by atoms with Crippen molar-refractivity contribution < 1.29 is 39.0 Å². The number of fused-ring (bicyclic) bond motifs is 2. The molecular formula is C46H32N2O8S2. The number of Topliss-reactive ketones (excluding diaryl/α,β-unsaturated/α-hetero) is 4. The molecule has 0 saturated carbocycles. The Kier molecular flexibility index (Phi) is 12.8. The number of allylic oxidation sites excluding steroid dienone is 4. The van der Waals surface area contributed by atoms with Crippen LogP contribution in [-0.2, 0) is 0 Å². The number of carboxylic acid groups (broad SMARTS) is 2. The van der Waals surface area contributed by atoms with Gasteiger partial charge in [-0.3, -0.25) is 29.1 Å². The molecule has 8 rings (SSSR count). The van der Waals surface area contributed by atoms with Gasteiger partial charge in [-0.1, -0.05) is 108 Å². The minimum atomic E-state index is -1.07. The van der Waals surface area contributed by atoms with Gasteiger partial charge in [0.15, 0.2) is 11.6 Å². The SMILES string of the molecule is CC1=C(Sc2ccccc2C(=O)O)C(=O)c2ccccc2C1=O.CC1=C(Sc2ccccc2C(=O)O)C(=O)c2ccccc2C1=O.c1ccc(-c2ccccn2)nc1. The number of aromatic nitrogens is 2. The highest BCUT2D eigenvalue weighted by molar-refractivity contribution is 8.04. The van der Waals surface area contributed by atoms with Crippen LogP contribution in [0.1, 0.15) is 76.0 Å². The highest BCUT2D eigenvalue weighted by Crippen LogP contribution is 2.39. The summed E-state index contributed by atoms with van der Waals surface area (Å²) in [7, 11) is 0. The van der Waals surface area contributed by atoms with Crippen molar-refractivity contribution in [2.45, 2.75) is 23.6 Å². The van der Waals surface area contributed by atoms with Crippen molar-refractivity contribution in [2.24, 2.45) is 0 Å². The first-order valence-electron chi connectivity index (χ1n) is 17.6. The van der Waals surface area contributed by atoms with Gasteiger partial charge >= 0.3 is 11.9 Å². The Bertz CT molecular complexity index is 2490. The molecule has 0 bridgehead atoms. The summed E-state index contributed by atoms with van der Waals surface area (Å²) in [6, 6.07) is 37.8. The van der Waals surface area contributed by atoms with Gasteiger partial charge in [-0.2, -0.15) is 0 Å². The van der Waals surface area contributed by atoms with E-state index in [0.29, 0.717) is 43.2 Å². The van der Waals surface area contributed by atoms with Crippen LogP contribution in [0.25, 0.3) is 11.4 Å². The van der Waals surface area contributed by atoms with Crippen molar-refractivity contribution in [2.75, 3.05) is 0 Å². The van der Waals surface area contributed by atoms with E-state index in [1.165, 1.54) is 12.1 Å². The lowest BCUT2D eigenvalue weighted by Gasteiger charge is -2.18. The normalized spacial score (nSPS) is 13.1. The first kappa shape index (κ1) is 40.6. The summed E-state index contributed by atoms with van der Waals surface area (Å²) < 4.78 is 0. The van der Waals surface area contributed by atoms with E-state index < -0.39 is 11.9 Å². The highest BCUT2D eigenvalue weighted by atomic mass is 32.2. The predicted molar refractivity (Wildman–Crippen MR) is 222 cm³/mol. The van der Waals surface area contributed by atoms with Gasteiger partial charge in [0.25, 0.3) is 0 Å². The fourth-order valence-electron chi connectivity index (χ4n) is 5.91. The highest BCUT2D eigenvalue weighted by Gasteiger charge is 2.32. The fraction of sp³-hybridized carbons (Fsp3) is 0.0435. The number of carbonyl (C=O) groups excluding carboxylic acids is 4. The first-order valence-corrected chi connectivity index (χ1v) is 19.2. The molecule has 0 unspecified atom stereocenters. The summed E-state index contributed by atoms with van der Waals surface area (Å²) >= 11 is 2.06. The molecule has 2 heterocycles. The number of thioether (sulfide) groups is 2. The molecule has 0 atom stereocenters. The summed E-state index contributed by atoms with van der Waals surface area (Å²) in [4.78, 5) is 82.7. The number of hydrogen-bond donors (Lipinski definition) is 2. The lowest BCUT2D eigenvalue weighted by atomic mass is 9.90. The maximum atomic E-state index is 12.7. The maximum absolute atomic E-state index is 12.7. The van der Waals surface area contributed by atoms with E-state index in [2.05, 4.69) is 9.97 Å². The zero-order valence-electron chi connectivity index (χ0n) is 30.9. The van der Waals surface area contributed by atoms with Gasteiger partial charge in [-0.05, 0) is 62.4 Å². The average molecular weight is 805 g/mol. The van der Waals surface area contributed by atoms with Gasteiger partial charge in [-0.25, -0.2) is 9.59 Å². The lowest BCUT2D eigenvalue weighted by Crippen LogP contribution is -2.19. The number of aromatic carboxylic acids is 2. The molecule has 10 nitrogen and oxygen atoms in total. The van der Waals surface area contributed by atoms with E-state index in [-0.39, 0.29) is 44.1 Å². The summed E-state index contributed by atoms with van der Waals surface area (Å²) in [5, 5.41) is 18.5. The quantitative estimate of drug-likeness (QED) is 0.157. The number of nitrogens with zero attached hydrogens (tertiary/aromatic N) is 2. The summed E-state index contributed by atoms with van der Waals surface area (Å²) in [5.41, 5.74) is 4.25. The van der Waals surface area contributed by atoms with E-state index in [0.717, 1.165) is 34.9 Å². The molecule has 12 heteroatoms. The second-order valence-corrected chi connectivity index (χ2v) is 14.7. The van der Waals surface area contributed by atoms with E-state index in [1.807, 2.05) is 36.4 Å². The van der Waals surface area contributed by atoms with Gasteiger partial charge in [0.1, 0.15) is 0 Å². The molecule has 286 valence electrons. The molecule has 0 saturated heterocycles. The molecule has 0 amide bonds. The Morgan fingerprint density at radius 1 is 0.431 bits per heavy atom. The molecular weight excluding hydrogens is 773 g/mol. The van der Waals surface area contributed by atoms with Crippen LogP contribution < -0.4 is 0 Å². The van der Waals surface area contributed by atoms with Crippen molar-refractivity contribution in [3.63, 3.8) is 0 Å². The van der Waals surface area contributed by atoms with Gasteiger partial charge < -0.3 is 10.2 Å². The number of pyridine rings is 2. The molecule has 6 aromatic rings. The van der Waals surface area contributed by atoms with Crippen LogP contribution >= 0.6 is 23.5 Å². The molecule has 2 N–H and O–H groups in total. The zero-order chi connectivity index (χ0) is 41.3. The predicted octanol–water partition coefficient (Wildman–Crippen LogP) is 9.80. The van der Waals surface area contributed by atoms with Gasteiger partial charge in [-0.15, -0.1) is 0 Å². The van der Waals surface area contributed by atoms with Crippen molar-refractivity contribution in [1.29, 1.82) is 0 Å².